The molecule has 0 bridgehead atoms. The summed E-state index contributed by atoms with van der Waals surface area (Å²) in [5, 5.41) is 6.81. The largest absolute Gasteiger partial charge is 0.459 e. The molecule has 4 aromatic rings. The molecule has 5 rings (SSSR count). The Balaban J connectivity index is 1.65. The van der Waals surface area contributed by atoms with E-state index in [0.29, 0.717) is 16.8 Å². The number of H-pyrrole nitrogens is 1. The Morgan fingerprint density at radius 1 is 0.905 bits per heavy atom. The van der Waals surface area contributed by atoms with Gasteiger partial charge in [-0.3, -0.25) is 14.8 Å². The standard InChI is InChI=1S/C33H33N3O6/c1-33(2,3)42-30(37)26(25-19-20-34-35-25)28-31(38)41-29(24-17-11-6-12-18-24)27(23-15-9-5-10-16-23)36(28)32(39)40-21-22-13-7-4-8-14-22/h4-20,26-29H,21H2,1-3H3,(H,34,35). The third-order valence-corrected chi connectivity index (χ3v) is 6.89. The summed E-state index contributed by atoms with van der Waals surface area (Å²) in [5.41, 5.74) is 1.60. The van der Waals surface area contributed by atoms with Crippen LogP contribution >= 0.6 is 0 Å². The highest BCUT2D eigenvalue weighted by molar-refractivity contribution is 5.92. The lowest BCUT2D eigenvalue weighted by Crippen LogP contribution is -2.58. The van der Waals surface area contributed by atoms with Gasteiger partial charge in [0, 0.05) is 6.20 Å². The minimum Gasteiger partial charge on any atom is -0.459 e. The van der Waals surface area contributed by atoms with Gasteiger partial charge in [0.15, 0.2) is 12.1 Å². The van der Waals surface area contributed by atoms with Crippen molar-refractivity contribution in [3.63, 3.8) is 0 Å². The number of hydrogen-bond donors (Lipinski definition) is 1. The van der Waals surface area contributed by atoms with Gasteiger partial charge in [-0.25, -0.2) is 9.59 Å². The first-order valence-electron chi connectivity index (χ1n) is 13.7. The Hall–Kier alpha value is -4.92. The summed E-state index contributed by atoms with van der Waals surface area (Å²) in [6.07, 6.45) is -0.175. The molecule has 4 atom stereocenters. The van der Waals surface area contributed by atoms with Gasteiger partial charge in [0.05, 0.1) is 5.69 Å². The van der Waals surface area contributed by atoms with E-state index in [1.807, 2.05) is 91.0 Å². The first kappa shape index (κ1) is 28.6. The van der Waals surface area contributed by atoms with Crippen LogP contribution in [0.5, 0.6) is 0 Å². The zero-order valence-corrected chi connectivity index (χ0v) is 23.7. The molecule has 216 valence electrons. The van der Waals surface area contributed by atoms with Crippen LogP contribution < -0.4 is 0 Å². The van der Waals surface area contributed by atoms with Gasteiger partial charge in [0.1, 0.15) is 24.2 Å². The third kappa shape index (κ3) is 6.35. The van der Waals surface area contributed by atoms with Crippen molar-refractivity contribution < 1.29 is 28.6 Å². The average molecular weight is 568 g/mol. The van der Waals surface area contributed by atoms with Gasteiger partial charge in [-0.2, -0.15) is 5.10 Å². The van der Waals surface area contributed by atoms with Gasteiger partial charge in [0.2, 0.25) is 0 Å². The quantitative estimate of drug-likeness (QED) is 0.219. The number of ether oxygens (including phenoxy) is 3. The van der Waals surface area contributed by atoms with Crippen molar-refractivity contribution in [1.82, 2.24) is 15.1 Å². The number of nitrogens with zero attached hydrogens (tertiary/aromatic N) is 2. The molecule has 1 aliphatic heterocycles. The summed E-state index contributed by atoms with van der Waals surface area (Å²) in [6, 6.07) is 27.0. The Morgan fingerprint density at radius 2 is 1.50 bits per heavy atom. The molecule has 9 heteroatoms. The van der Waals surface area contributed by atoms with Gasteiger partial charge in [0.25, 0.3) is 0 Å². The van der Waals surface area contributed by atoms with Crippen molar-refractivity contribution in [1.29, 1.82) is 0 Å². The molecule has 2 heterocycles. The molecule has 1 aromatic heterocycles. The summed E-state index contributed by atoms with van der Waals surface area (Å²) in [5.74, 6) is -2.75. The van der Waals surface area contributed by atoms with Gasteiger partial charge in [-0.1, -0.05) is 91.0 Å². The molecule has 42 heavy (non-hydrogen) atoms. The predicted molar refractivity (Wildman–Crippen MR) is 154 cm³/mol. The van der Waals surface area contributed by atoms with Crippen LogP contribution in [0.4, 0.5) is 4.79 Å². The van der Waals surface area contributed by atoms with Crippen LogP contribution in [0.1, 0.15) is 61.2 Å². The third-order valence-electron chi connectivity index (χ3n) is 6.89. The summed E-state index contributed by atoms with van der Waals surface area (Å²) in [6.45, 7) is 5.17. The zero-order valence-electron chi connectivity index (χ0n) is 23.7. The number of amides is 1. The van der Waals surface area contributed by atoms with Crippen molar-refractivity contribution in [2.45, 2.75) is 57.1 Å². The molecule has 1 saturated heterocycles. The highest BCUT2D eigenvalue weighted by Gasteiger charge is 2.54. The number of aromatic nitrogens is 2. The molecule has 4 unspecified atom stereocenters. The average Bonchev–Trinajstić information content (AvgIpc) is 3.51. The van der Waals surface area contributed by atoms with E-state index in [2.05, 4.69) is 10.2 Å². The molecular weight excluding hydrogens is 534 g/mol. The van der Waals surface area contributed by atoms with Gasteiger partial charge in [-0.15, -0.1) is 0 Å². The number of esters is 2. The number of cyclic esters (lactones) is 1. The number of carbonyl (C=O) groups is 3. The molecule has 1 amide bonds. The smallest absolute Gasteiger partial charge is 0.411 e. The van der Waals surface area contributed by atoms with Crippen molar-refractivity contribution >= 4 is 18.0 Å². The minimum atomic E-state index is -1.42. The zero-order chi connectivity index (χ0) is 29.7. The van der Waals surface area contributed by atoms with Crippen LogP contribution in [-0.2, 0) is 30.4 Å². The summed E-state index contributed by atoms with van der Waals surface area (Å²) in [4.78, 5) is 43.3. The fourth-order valence-corrected chi connectivity index (χ4v) is 5.12. The molecule has 1 fully saturated rings. The van der Waals surface area contributed by atoms with E-state index in [9.17, 15) is 14.4 Å². The maximum atomic E-state index is 14.2. The molecule has 0 saturated carbocycles. The normalized spacial score (nSPS) is 19.5. The van der Waals surface area contributed by atoms with Gasteiger partial charge in [-0.05, 0) is 43.5 Å². The van der Waals surface area contributed by atoms with E-state index < -0.39 is 47.7 Å². The molecule has 1 aliphatic rings. The van der Waals surface area contributed by atoms with Crippen LogP contribution in [0.15, 0.2) is 103 Å². The Bertz CT molecular complexity index is 1490. The van der Waals surface area contributed by atoms with E-state index in [1.54, 1.807) is 26.8 Å². The molecule has 3 aromatic carbocycles. The fraction of sp³-hybridized carbons (Fsp3) is 0.273. The van der Waals surface area contributed by atoms with Crippen LogP contribution in [0.2, 0.25) is 0 Å². The van der Waals surface area contributed by atoms with Crippen molar-refractivity contribution in [3.8, 4) is 0 Å². The second-order valence-corrected chi connectivity index (χ2v) is 11.0. The van der Waals surface area contributed by atoms with Crippen LogP contribution in [0.25, 0.3) is 0 Å². The number of hydrogen-bond acceptors (Lipinski definition) is 7. The number of rotatable bonds is 7. The predicted octanol–water partition coefficient (Wildman–Crippen LogP) is 5.88. The maximum Gasteiger partial charge on any atom is 0.411 e. The summed E-state index contributed by atoms with van der Waals surface area (Å²) < 4.78 is 17.7. The Morgan fingerprint density at radius 3 is 2.07 bits per heavy atom. The van der Waals surface area contributed by atoms with Crippen LogP contribution in [0, 0.1) is 0 Å². The second kappa shape index (κ2) is 12.3. The number of carbonyl (C=O) groups excluding carboxylic acids is 3. The Kier molecular flexibility index (Phi) is 8.38. The highest BCUT2D eigenvalue weighted by atomic mass is 16.6. The van der Waals surface area contributed by atoms with Crippen molar-refractivity contribution in [3.05, 3.63) is 126 Å². The maximum absolute atomic E-state index is 14.2. The first-order valence-corrected chi connectivity index (χ1v) is 13.7. The monoisotopic (exact) mass is 567 g/mol. The molecule has 0 aliphatic carbocycles. The van der Waals surface area contributed by atoms with Crippen LogP contribution in [0.3, 0.4) is 0 Å². The lowest BCUT2D eigenvalue weighted by atomic mass is 9.86. The fourth-order valence-electron chi connectivity index (χ4n) is 5.12. The molecular formula is C33H33N3O6. The van der Waals surface area contributed by atoms with E-state index in [1.165, 1.54) is 11.1 Å². The number of morpholine rings is 1. The topological polar surface area (TPSA) is 111 Å². The summed E-state index contributed by atoms with van der Waals surface area (Å²) >= 11 is 0. The Labute approximate surface area is 244 Å². The van der Waals surface area contributed by atoms with E-state index in [0.717, 1.165) is 5.56 Å². The number of benzene rings is 3. The highest BCUT2D eigenvalue weighted by Crippen LogP contribution is 2.45. The second-order valence-electron chi connectivity index (χ2n) is 11.0. The lowest BCUT2D eigenvalue weighted by Gasteiger charge is -2.46. The van der Waals surface area contributed by atoms with E-state index >= 15 is 0 Å². The molecule has 0 spiro atoms. The van der Waals surface area contributed by atoms with E-state index in [-0.39, 0.29) is 6.61 Å². The van der Waals surface area contributed by atoms with E-state index in [4.69, 9.17) is 14.2 Å². The first-order chi connectivity index (χ1) is 20.2. The molecule has 0 radical (unpaired) electrons. The summed E-state index contributed by atoms with van der Waals surface area (Å²) in [7, 11) is 0. The lowest BCUT2D eigenvalue weighted by molar-refractivity contribution is -0.181. The molecule has 1 N–H and O–H groups in total. The van der Waals surface area contributed by atoms with Gasteiger partial charge >= 0.3 is 18.0 Å². The van der Waals surface area contributed by atoms with Crippen molar-refractivity contribution in [2.75, 3.05) is 0 Å². The van der Waals surface area contributed by atoms with Gasteiger partial charge < -0.3 is 14.2 Å². The molecule has 9 nitrogen and oxygen atoms in total. The SMILES string of the molecule is CC(C)(C)OC(=O)C(c1ccn[nH]1)C1C(=O)OC(c2ccccc2)C(c2ccccc2)N1C(=O)OCc1ccccc1. The van der Waals surface area contributed by atoms with Crippen LogP contribution in [-0.4, -0.2) is 44.8 Å². The minimum absolute atomic E-state index is 0.0311. The van der Waals surface area contributed by atoms with Crippen molar-refractivity contribution in [2.24, 2.45) is 0 Å². The number of nitrogens with one attached hydrogen (secondary N) is 1. The number of aromatic amines is 1.